The maximum Gasteiger partial charge on any atom is 0.306 e. The minimum atomic E-state index is -0.851. The molecule has 0 heterocycles. The van der Waals surface area contributed by atoms with Crippen molar-refractivity contribution in [1.82, 2.24) is 5.32 Å². The minimum Gasteiger partial charge on any atom is -0.481 e. The second-order valence-corrected chi connectivity index (χ2v) is 4.57. The fourth-order valence-electron chi connectivity index (χ4n) is 1.65. The predicted molar refractivity (Wildman–Crippen MR) is 69.5 cm³/mol. The van der Waals surface area contributed by atoms with Crippen molar-refractivity contribution >= 4 is 11.9 Å². The van der Waals surface area contributed by atoms with Crippen LogP contribution >= 0.6 is 0 Å². The van der Waals surface area contributed by atoms with E-state index in [1.165, 1.54) is 6.07 Å². The van der Waals surface area contributed by atoms with Gasteiger partial charge in [-0.25, -0.2) is 4.39 Å². The molecule has 1 rings (SSSR count). The van der Waals surface area contributed by atoms with Crippen LogP contribution in [0.1, 0.15) is 35.7 Å². The molecule has 0 radical (unpaired) electrons. The number of halogens is 1. The summed E-state index contributed by atoms with van der Waals surface area (Å²) in [5.74, 6) is -2.27. The van der Waals surface area contributed by atoms with Gasteiger partial charge in [-0.05, 0) is 31.4 Å². The van der Waals surface area contributed by atoms with Crippen LogP contribution < -0.4 is 5.32 Å². The van der Waals surface area contributed by atoms with Crippen molar-refractivity contribution in [2.24, 2.45) is 5.92 Å². The number of rotatable bonds is 6. The van der Waals surface area contributed by atoms with E-state index < -0.39 is 23.6 Å². The average Bonchev–Trinajstić information content (AvgIpc) is 2.37. The second-order valence-electron chi connectivity index (χ2n) is 4.57. The molecule has 104 valence electrons. The average molecular weight is 267 g/mol. The predicted octanol–water partition coefficient (Wildman–Crippen LogP) is 2.36. The molecule has 0 aromatic heterocycles. The van der Waals surface area contributed by atoms with Crippen LogP contribution in [-0.4, -0.2) is 23.5 Å². The van der Waals surface area contributed by atoms with Gasteiger partial charge in [0.2, 0.25) is 0 Å². The molecule has 1 amide bonds. The summed E-state index contributed by atoms with van der Waals surface area (Å²) in [6.07, 6.45) is 1.03. The molecule has 0 fully saturated rings. The number of benzene rings is 1. The van der Waals surface area contributed by atoms with Crippen LogP contribution in [0, 0.1) is 18.7 Å². The molecule has 19 heavy (non-hydrogen) atoms. The summed E-state index contributed by atoms with van der Waals surface area (Å²) >= 11 is 0. The minimum absolute atomic E-state index is 0.0197. The number of aliphatic carboxylic acids is 1. The molecular formula is C14H18FNO3. The molecule has 2 N–H and O–H groups in total. The monoisotopic (exact) mass is 267 g/mol. The lowest BCUT2D eigenvalue weighted by Gasteiger charge is -2.08. The molecule has 0 spiro atoms. The molecule has 0 bridgehead atoms. The van der Waals surface area contributed by atoms with Gasteiger partial charge in [0.15, 0.2) is 0 Å². The first-order chi connectivity index (χ1) is 8.93. The summed E-state index contributed by atoms with van der Waals surface area (Å²) in [6, 6.07) is 4.65. The van der Waals surface area contributed by atoms with Gasteiger partial charge in [0.1, 0.15) is 5.82 Å². The van der Waals surface area contributed by atoms with E-state index >= 15 is 0 Å². The number of nitrogens with one attached hydrogen (secondary N) is 1. The Morgan fingerprint density at radius 3 is 2.74 bits per heavy atom. The van der Waals surface area contributed by atoms with Crippen LogP contribution in [0.4, 0.5) is 4.39 Å². The summed E-state index contributed by atoms with van der Waals surface area (Å²) < 4.78 is 13.7. The number of hydrogen-bond donors (Lipinski definition) is 2. The van der Waals surface area contributed by atoms with Gasteiger partial charge in [0.05, 0.1) is 11.5 Å². The van der Waals surface area contributed by atoms with Crippen LogP contribution in [0.3, 0.4) is 0 Å². The molecule has 4 nitrogen and oxygen atoms in total. The van der Waals surface area contributed by atoms with E-state index in [1.54, 1.807) is 26.0 Å². The first kappa shape index (κ1) is 15.1. The van der Waals surface area contributed by atoms with Crippen LogP contribution in [-0.2, 0) is 4.79 Å². The fourth-order valence-corrected chi connectivity index (χ4v) is 1.65. The van der Waals surface area contributed by atoms with Crippen molar-refractivity contribution in [3.8, 4) is 0 Å². The number of carbonyl (C=O) groups excluding carboxylic acids is 1. The van der Waals surface area contributed by atoms with Gasteiger partial charge in [-0.1, -0.05) is 19.1 Å². The third-order valence-corrected chi connectivity index (χ3v) is 2.96. The van der Waals surface area contributed by atoms with Gasteiger partial charge in [0.25, 0.3) is 5.91 Å². The molecule has 0 saturated heterocycles. The van der Waals surface area contributed by atoms with E-state index in [1.807, 2.05) is 0 Å². The van der Waals surface area contributed by atoms with E-state index in [9.17, 15) is 14.0 Å². The van der Waals surface area contributed by atoms with E-state index in [-0.39, 0.29) is 5.56 Å². The van der Waals surface area contributed by atoms with Crippen molar-refractivity contribution in [3.05, 3.63) is 35.1 Å². The van der Waals surface area contributed by atoms with Crippen molar-refractivity contribution in [2.75, 3.05) is 6.54 Å². The zero-order chi connectivity index (χ0) is 14.4. The summed E-state index contributed by atoms with van der Waals surface area (Å²) in [6.45, 7) is 3.55. The first-order valence-corrected chi connectivity index (χ1v) is 6.19. The van der Waals surface area contributed by atoms with E-state index in [0.29, 0.717) is 24.9 Å². The maximum absolute atomic E-state index is 13.7. The van der Waals surface area contributed by atoms with Gasteiger partial charge in [-0.2, -0.15) is 0 Å². The van der Waals surface area contributed by atoms with E-state index in [0.717, 1.165) is 0 Å². The van der Waals surface area contributed by atoms with Crippen molar-refractivity contribution in [1.29, 1.82) is 0 Å². The van der Waals surface area contributed by atoms with E-state index in [4.69, 9.17) is 5.11 Å². The molecule has 0 saturated carbocycles. The zero-order valence-electron chi connectivity index (χ0n) is 11.1. The number of aryl methyl sites for hydroxylation is 1. The van der Waals surface area contributed by atoms with Crippen molar-refractivity contribution in [3.63, 3.8) is 0 Å². The van der Waals surface area contributed by atoms with Crippen LogP contribution in [0.2, 0.25) is 0 Å². The largest absolute Gasteiger partial charge is 0.481 e. The highest BCUT2D eigenvalue weighted by Crippen LogP contribution is 2.11. The summed E-state index contributed by atoms with van der Waals surface area (Å²) in [4.78, 5) is 22.3. The SMILES string of the molecule is Cc1cccc(C(=O)NCCCC(C)C(=O)O)c1F. The second kappa shape index (κ2) is 6.87. The quantitative estimate of drug-likeness (QED) is 0.778. The fraction of sp³-hybridized carbons (Fsp3) is 0.429. The third-order valence-electron chi connectivity index (χ3n) is 2.96. The topological polar surface area (TPSA) is 66.4 Å². The molecule has 0 aliphatic carbocycles. The molecule has 0 aliphatic heterocycles. The van der Waals surface area contributed by atoms with Crippen LogP contribution in [0.25, 0.3) is 0 Å². The smallest absolute Gasteiger partial charge is 0.306 e. The molecule has 0 aliphatic rings. The Kier molecular flexibility index (Phi) is 5.48. The zero-order valence-corrected chi connectivity index (χ0v) is 11.1. The Hall–Kier alpha value is -1.91. The number of carbonyl (C=O) groups is 2. The highest BCUT2D eigenvalue weighted by atomic mass is 19.1. The van der Waals surface area contributed by atoms with E-state index in [2.05, 4.69) is 5.32 Å². The van der Waals surface area contributed by atoms with Gasteiger partial charge in [-0.3, -0.25) is 9.59 Å². The molecular weight excluding hydrogens is 249 g/mol. The maximum atomic E-state index is 13.7. The van der Waals surface area contributed by atoms with Gasteiger partial charge < -0.3 is 10.4 Å². The van der Waals surface area contributed by atoms with Gasteiger partial charge in [-0.15, -0.1) is 0 Å². The lowest BCUT2D eigenvalue weighted by atomic mass is 10.1. The van der Waals surface area contributed by atoms with Gasteiger partial charge >= 0.3 is 5.97 Å². The molecule has 5 heteroatoms. The lowest BCUT2D eigenvalue weighted by Crippen LogP contribution is -2.26. The highest BCUT2D eigenvalue weighted by Gasteiger charge is 2.13. The Morgan fingerprint density at radius 1 is 1.42 bits per heavy atom. The van der Waals surface area contributed by atoms with Crippen molar-refractivity contribution < 1.29 is 19.1 Å². The molecule has 1 atom stereocenters. The van der Waals surface area contributed by atoms with Crippen LogP contribution in [0.15, 0.2) is 18.2 Å². The molecule has 1 aromatic carbocycles. The number of carboxylic acid groups (broad SMARTS) is 1. The Bertz CT molecular complexity index is 474. The number of carboxylic acids is 1. The Balaban J connectivity index is 2.44. The summed E-state index contributed by atoms with van der Waals surface area (Å²) in [5, 5.41) is 11.3. The van der Waals surface area contributed by atoms with Gasteiger partial charge in [0, 0.05) is 6.54 Å². The first-order valence-electron chi connectivity index (χ1n) is 6.19. The highest BCUT2D eigenvalue weighted by molar-refractivity contribution is 5.94. The van der Waals surface area contributed by atoms with Crippen molar-refractivity contribution in [2.45, 2.75) is 26.7 Å². The molecule has 1 aromatic rings. The molecule has 1 unspecified atom stereocenters. The summed E-state index contributed by atoms with van der Waals surface area (Å²) in [5.41, 5.74) is 0.443. The standard InChI is InChI=1S/C14H18FNO3/c1-9-5-3-7-11(12(9)15)13(17)16-8-4-6-10(2)14(18)19/h3,5,7,10H,4,6,8H2,1-2H3,(H,16,17)(H,18,19). The number of amides is 1. The third kappa shape index (κ3) is 4.35. The van der Waals surface area contributed by atoms with Crippen LogP contribution in [0.5, 0.6) is 0 Å². The lowest BCUT2D eigenvalue weighted by molar-refractivity contribution is -0.141. The Morgan fingerprint density at radius 2 is 2.11 bits per heavy atom. The summed E-state index contributed by atoms with van der Waals surface area (Å²) in [7, 11) is 0. The Labute approximate surface area is 111 Å². The number of hydrogen-bond acceptors (Lipinski definition) is 2. The normalized spacial score (nSPS) is 11.9.